The summed E-state index contributed by atoms with van der Waals surface area (Å²) < 4.78 is 0. The highest BCUT2D eigenvalue weighted by Crippen LogP contribution is 2.25. The highest BCUT2D eigenvalue weighted by molar-refractivity contribution is 7.99. The summed E-state index contributed by atoms with van der Waals surface area (Å²) in [6.07, 6.45) is 6.43. The number of benzene rings is 1. The molecule has 0 aliphatic carbocycles. The van der Waals surface area contributed by atoms with Gasteiger partial charge in [-0.25, -0.2) is 0 Å². The minimum atomic E-state index is 0.314. The Hall–Kier alpha value is -0.160. The van der Waals surface area contributed by atoms with E-state index in [0.29, 0.717) is 13.2 Å². The van der Waals surface area contributed by atoms with E-state index in [1.54, 1.807) is 0 Å². The molecule has 0 fully saturated rings. The molecule has 2 N–H and O–H groups in total. The van der Waals surface area contributed by atoms with Gasteiger partial charge in [0.05, 0.1) is 0 Å². The van der Waals surface area contributed by atoms with Crippen molar-refractivity contribution in [1.82, 2.24) is 0 Å². The molecule has 0 spiro atoms. The van der Waals surface area contributed by atoms with Crippen LogP contribution in [-0.4, -0.2) is 34.9 Å². The average molecular weight is 315 g/mol. The largest absolute Gasteiger partial charge is 0.396 e. The predicted octanol–water partition coefficient (Wildman–Crippen LogP) is 4.20. The molecule has 0 saturated carbocycles. The van der Waals surface area contributed by atoms with E-state index in [2.05, 4.69) is 24.3 Å². The van der Waals surface area contributed by atoms with Crippen LogP contribution in [0.1, 0.15) is 38.5 Å². The molecular formula is C16H26O2S2. The summed E-state index contributed by atoms with van der Waals surface area (Å²) in [6.45, 7) is 0.629. The van der Waals surface area contributed by atoms with Gasteiger partial charge < -0.3 is 10.2 Å². The van der Waals surface area contributed by atoms with Gasteiger partial charge in [0.2, 0.25) is 0 Å². The molecule has 0 saturated heterocycles. The molecule has 0 unspecified atom stereocenters. The molecule has 0 heterocycles. The molecule has 0 aliphatic rings. The van der Waals surface area contributed by atoms with Gasteiger partial charge in [0.15, 0.2) is 0 Å². The molecule has 20 heavy (non-hydrogen) atoms. The van der Waals surface area contributed by atoms with Crippen LogP contribution in [-0.2, 0) is 0 Å². The van der Waals surface area contributed by atoms with Gasteiger partial charge in [-0.3, -0.25) is 0 Å². The summed E-state index contributed by atoms with van der Waals surface area (Å²) in [4.78, 5) is 2.66. The first-order chi connectivity index (χ1) is 9.86. The van der Waals surface area contributed by atoms with Crippen molar-refractivity contribution >= 4 is 23.5 Å². The topological polar surface area (TPSA) is 40.5 Å². The second-order valence-corrected chi connectivity index (χ2v) is 7.07. The summed E-state index contributed by atoms with van der Waals surface area (Å²) in [6, 6.07) is 8.80. The Morgan fingerprint density at radius 2 is 1.00 bits per heavy atom. The number of aliphatic hydroxyl groups is 2. The highest BCUT2D eigenvalue weighted by Gasteiger charge is 1.97. The van der Waals surface area contributed by atoms with Gasteiger partial charge in [-0.05, 0) is 61.5 Å². The summed E-state index contributed by atoms with van der Waals surface area (Å²) >= 11 is 3.79. The molecule has 114 valence electrons. The van der Waals surface area contributed by atoms with Crippen LogP contribution in [0.2, 0.25) is 0 Å². The fraction of sp³-hybridized carbons (Fsp3) is 0.625. The molecule has 0 bridgehead atoms. The van der Waals surface area contributed by atoms with Crippen molar-refractivity contribution < 1.29 is 10.2 Å². The Labute approximate surface area is 131 Å². The van der Waals surface area contributed by atoms with Crippen molar-refractivity contribution in [2.75, 3.05) is 24.7 Å². The van der Waals surface area contributed by atoms with Gasteiger partial charge in [0, 0.05) is 23.0 Å². The highest BCUT2D eigenvalue weighted by atomic mass is 32.2. The van der Waals surface area contributed by atoms with E-state index >= 15 is 0 Å². The predicted molar refractivity (Wildman–Crippen MR) is 89.8 cm³/mol. The lowest BCUT2D eigenvalue weighted by atomic mass is 10.3. The van der Waals surface area contributed by atoms with Gasteiger partial charge in [-0.1, -0.05) is 12.8 Å². The zero-order valence-electron chi connectivity index (χ0n) is 12.1. The van der Waals surface area contributed by atoms with Gasteiger partial charge in [-0.2, -0.15) is 0 Å². The number of hydrogen-bond acceptors (Lipinski definition) is 4. The lowest BCUT2D eigenvalue weighted by molar-refractivity contribution is 0.284. The van der Waals surface area contributed by atoms with Crippen LogP contribution in [0.3, 0.4) is 0 Å². The number of thioether (sulfide) groups is 2. The molecule has 2 nitrogen and oxygen atoms in total. The Morgan fingerprint density at radius 1 is 0.600 bits per heavy atom. The van der Waals surface area contributed by atoms with Crippen LogP contribution in [0.5, 0.6) is 0 Å². The molecule has 0 radical (unpaired) electrons. The van der Waals surface area contributed by atoms with E-state index in [1.807, 2.05) is 23.5 Å². The SMILES string of the molecule is OCCCCCSc1ccc(SCCCCCO)cc1. The third-order valence-electron chi connectivity index (χ3n) is 2.97. The van der Waals surface area contributed by atoms with Gasteiger partial charge >= 0.3 is 0 Å². The van der Waals surface area contributed by atoms with E-state index in [9.17, 15) is 0 Å². The monoisotopic (exact) mass is 314 g/mol. The molecule has 1 aromatic rings. The minimum Gasteiger partial charge on any atom is -0.396 e. The van der Waals surface area contributed by atoms with Crippen molar-refractivity contribution in [1.29, 1.82) is 0 Å². The first-order valence-corrected chi connectivity index (χ1v) is 9.41. The molecular weight excluding hydrogens is 288 g/mol. The minimum absolute atomic E-state index is 0.314. The third-order valence-corrected chi connectivity index (χ3v) is 5.16. The standard InChI is InChI=1S/C16H26O2S2/c17-11-3-1-5-13-19-15-7-9-16(10-8-15)20-14-6-2-4-12-18/h7-10,17-18H,1-6,11-14H2. The fourth-order valence-corrected chi connectivity index (χ4v) is 3.62. The number of aliphatic hydroxyl groups excluding tert-OH is 2. The molecule has 1 rings (SSSR count). The van der Waals surface area contributed by atoms with E-state index in [1.165, 1.54) is 22.6 Å². The van der Waals surface area contributed by atoms with E-state index in [0.717, 1.165) is 37.2 Å². The van der Waals surface area contributed by atoms with Gasteiger partial charge in [0.1, 0.15) is 0 Å². The zero-order valence-corrected chi connectivity index (χ0v) is 13.7. The Balaban J connectivity index is 2.13. The van der Waals surface area contributed by atoms with Gasteiger partial charge in [-0.15, -0.1) is 23.5 Å². The summed E-state index contributed by atoms with van der Waals surface area (Å²) in [5.41, 5.74) is 0. The third kappa shape index (κ3) is 8.90. The maximum Gasteiger partial charge on any atom is 0.0431 e. The molecule has 0 aromatic heterocycles. The van der Waals surface area contributed by atoms with Crippen LogP contribution in [0, 0.1) is 0 Å². The first kappa shape index (κ1) is 17.9. The summed E-state index contributed by atoms with van der Waals surface area (Å²) in [7, 11) is 0. The Kier molecular flexibility index (Phi) is 11.2. The lowest BCUT2D eigenvalue weighted by Crippen LogP contribution is -1.86. The summed E-state index contributed by atoms with van der Waals surface area (Å²) in [5, 5.41) is 17.4. The van der Waals surface area contributed by atoms with Crippen molar-refractivity contribution in [3.8, 4) is 0 Å². The quantitative estimate of drug-likeness (QED) is 0.448. The van der Waals surface area contributed by atoms with Crippen LogP contribution >= 0.6 is 23.5 Å². The summed E-state index contributed by atoms with van der Waals surface area (Å²) in [5.74, 6) is 2.27. The maximum atomic E-state index is 8.71. The van der Waals surface area contributed by atoms with Crippen molar-refractivity contribution in [3.63, 3.8) is 0 Å². The molecule has 0 atom stereocenters. The zero-order chi connectivity index (χ0) is 14.5. The van der Waals surface area contributed by atoms with Crippen LogP contribution < -0.4 is 0 Å². The van der Waals surface area contributed by atoms with E-state index in [4.69, 9.17) is 10.2 Å². The molecule has 0 amide bonds. The average Bonchev–Trinajstić information content (AvgIpc) is 2.48. The van der Waals surface area contributed by atoms with Crippen molar-refractivity contribution in [2.24, 2.45) is 0 Å². The second kappa shape index (κ2) is 12.6. The first-order valence-electron chi connectivity index (χ1n) is 7.44. The number of unbranched alkanes of at least 4 members (excludes halogenated alkanes) is 4. The Bertz CT molecular complexity index is 295. The van der Waals surface area contributed by atoms with Crippen LogP contribution in [0.15, 0.2) is 34.1 Å². The smallest absolute Gasteiger partial charge is 0.0431 e. The fourth-order valence-electron chi connectivity index (χ4n) is 1.79. The maximum absolute atomic E-state index is 8.71. The van der Waals surface area contributed by atoms with Crippen molar-refractivity contribution in [2.45, 2.75) is 48.3 Å². The number of rotatable bonds is 12. The second-order valence-electron chi connectivity index (χ2n) is 4.74. The van der Waals surface area contributed by atoms with E-state index in [-0.39, 0.29) is 0 Å². The molecule has 0 aliphatic heterocycles. The van der Waals surface area contributed by atoms with E-state index < -0.39 is 0 Å². The molecule has 1 aromatic carbocycles. The lowest BCUT2D eigenvalue weighted by Gasteiger charge is -2.04. The van der Waals surface area contributed by atoms with Crippen molar-refractivity contribution in [3.05, 3.63) is 24.3 Å². The van der Waals surface area contributed by atoms with Crippen LogP contribution in [0.4, 0.5) is 0 Å². The molecule has 4 heteroatoms. The Morgan fingerprint density at radius 3 is 1.35 bits per heavy atom. The van der Waals surface area contributed by atoms with Crippen LogP contribution in [0.25, 0.3) is 0 Å². The normalized spacial score (nSPS) is 10.9. The van der Waals surface area contributed by atoms with Gasteiger partial charge in [0.25, 0.3) is 0 Å². The number of hydrogen-bond donors (Lipinski definition) is 2.